The molecule has 120 valence electrons. The molecule has 1 aromatic rings. The van der Waals surface area contributed by atoms with E-state index in [1.54, 1.807) is 7.05 Å². The van der Waals surface area contributed by atoms with Crippen LogP contribution in [0.1, 0.15) is 19.4 Å². The summed E-state index contributed by atoms with van der Waals surface area (Å²) >= 11 is 1.07. The molecule has 1 atom stereocenters. The highest BCUT2D eigenvalue weighted by Gasteiger charge is 2.17. The number of carbonyl (C=O) groups is 3. The van der Waals surface area contributed by atoms with Crippen LogP contribution in [0.5, 0.6) is 5.75 Å². The van der Waals surface area contributed by atoms with E-state index in [0.717, 1.165) is 23.7 Å². The van der Waals surface area contributed by atoms with Gasteiger partial charge in [-0.3, -0.25) is 14.4 Å². The van der Waals surface area contributed by atoms with Crippen LogP contribution in [0.2, 0.25) is 0 Å². The van der Waals surface area contributed by atoms with Crippen LogP contribution in [0.25, 0.3) is 0 Å². The summed E-state index contributed by atoms with van der Waals surface area (Å²) in [5, 5.41) is -0.398. The average molecular weight is 323 g/mol. The molecule has 5 nitrogen and oxygen atoms in total. The smallest absolute Gasteiger partial charge is 0.209 e. The Morgan fingerprint density at radius 2 is 1.91 bits per heavy atom. The number of amides is 1. The zero-order chi connectivity index (χ0) is 16.5. The molecule has 0 aliphatic rings. The first-order valence-electron chi connectivity index (χ1n) is 6.97. The topological polar surface area (TPSA) is 63.7 Å². The van der Waals surface area contributed by atoms with Crippen molar-refractivity contribution in [3.8, 4) is 5.75 Å². The van der Waals surface area contributed by atoms with E-state index in [2.05, 4.69) is 0 Å². The summed E-state index contributed by atoms with van der Waals surface area (Å²) in [6, 6.07) is 7.42. The lowest BCUT2D eigenvalue weighted by Gasteiger charge is -2.13. The minimum Gasteiger partial charge on any atom is -0.492 e. The first-order valence-corrected chi connectivity index (χ1v) is 7.85. The summed E-state index contributed by atoms with van der Waals surface area (Å²) in [6.07, 6.45) is 1.27. The number of rotatable bonds is 9. The molecule has 0 aliphatic heterocycles. The van der Waals surface area contributed by atoms with E-state index >= 15 is 0 Å². The van der Waals surface area contributed by atoms with E-state index < -0.39 is 0 Å². The van der Waals surface area contributed by atoms with Crippen LogP contribution in [0.15, 0.2) is 24.3 Å². The molecule has 6 heteroatoms. The van der Waals surface area contributed by atoms with E-state index in [0.29, 0.717) is 25.3 Å². The predicted molar refractivity (Wildman–Crippen MR) is 87.1 cm³/mol. The van der Waals surface area contributed by atoms with Crippen molar-refractivity contribution in [3.05, 3.63) is 29.8 Å². The summed E-state index contributed by atoms with van der Waals surface area (Å²) in [5.74, 6) is 0.707. The number of hydrogen-bond donors (Lipinski definition) is 0. The standard InChI is InChI=1S/C16H21NO4S/c1-12(19)16(22-13(2)20)10-14-4-6-15(7-5-14)21-9-8-17(3)11-18/h4-7,11,16H,8-10H2,1-3H3. The van der Waals surface area contributed by atoms with Crippen molar-refractivity contribution in [2.45, 2.75) is 25.5 Å². The van der Waals surface area contributed by atoms with Crippen molar-refractivity contribution < 1.29 is 19.1 Å². The van der Waals surface area contributed by atoms with Crippen LogP contribution in [0.3, 0.4) is 0 Å². The highest BCUT2D eigenvalue weighted by molar-refractivity contribution is 8.14. The second kappa shape index (κ2) is 9.25. The van der Waals surface area contributed by atoms with E-state index in [1.807, 2.05) is 24.3 Å². The Balaban J connectivity index is 2.54. The number of benzene rings is 1. The molecule has 0 saturated heterocycles. The van der Waals surface area contributed by atoms with Crippen molar-refractivity contribution in [1.82, 2.24) is 4.90 Å². The van der Waals surface area contributed by atoms with E-state index in [-0.39, 0.29) is 16.1 Å². The first-order chi connectivity index (χ1) is 10.4. The molecular formula is C16H21NO4S. The van der Waals surface area contributed by atoms with Gasteiger partial charge in [-0.2, -0.15) is 0 Å². The lowest BCUT2D eigenvalue weighted by Crippen LogP contribution is -2.22. The average Bonchev–Trinajstić information content (AvgIpc) is 2.47. The highest BCUT2D eigenvalue weighted by atomic mass is 32.2. The minimum absolute atomic E-state index is 0.00238. The normalized spacial score (nSPS) is 11.6. The lowest BCUT2D eigenvalue weighted by atomic mass is 10.1. The number of hydrogen-bond acceptors (Lipinski definition) is 5. The van der Waals surface area contributed by atoms with Crippen LogP contribution in [-0.4, -0.2) is 47.7 Å². The van der Waals surface area contributed by atoms with Gasteiger partial charge in [-0.25, -0.2) is 0 Å². The molecule has 0 N–H and O–H groups in total. The summed E-state index contributed by atoms with van der Waals surface area (Å²) in [4.78, 5) is 34.7. The molecule has 1 amide bonds. The van der Waals surface area contributed by atoms with Crippen molar-refractivity contribution in [1.29, 1.82) is 0 Å². The van der Waals surface area contributed by atoms with Crippen molar-refractivity contribution in [3.63, 3.8) is 0 Å². The van der Waals surface area contributed by atoms with Gasteiger partial charge in [-0.15, -0.1) is 0 Å². The molecule has 1 unspecified atom stereocenters. The molecule has 0 radical (unpaired) electrons. The minimum atomic E-state index is -0.342. The van der Waals surface area contributed by atoms with Gasteiger partial charge in [0.15, 0.2) is 5.12 Å². The molecule has 0 aliphatic carbocycles. The fourth-order valence-electron chi connectivity index (χ4n) is 1.76. The molecular weight excluding hydrogens is 302 g/mol. The third kappa shape index (κ3) is 6.76. The van der Waals surface area contributed by atoms with Gasteiger partial charge < -0.3 is 9.64 Å². The molecule has 0 heterocycles. The fourth-order valence-corrected chi connectivity index (χ4v) is 2.61. The van der Waals surface area contributed by atoms with E-state index in [1.165, 1.54) is 18.7 Å². The maximum Gasteiger partial charge on any atom is 0.209 e. The third-order valence-electron chi connectivity index (χ3n) is 3.00. The maximum atomic E-state index is 11.6. The van der Waals surface area contributed by atoms with Gasteiger partial charge >= 0.3 is 0 Å². The molecule has 0 aromatic heterocycles. The number of thioether (sulfide) groups is 1. The Kier molecular flexibility index (Phi) is 7.66. The van der Waals surface area contributed by atoms with Crippen LogP contribution in [0.4, 0.5) is 0 Å². The van der Waals surface area contributed by atoms with Crippen LogP contribution >= 0.6 is 11.8 Å². The molecule has 1 aromatic carbocycles. The Hall–Kier alpha value is -1.82. The van der Waals surface area contributed by atoms with Gasteiger partial charge in [0.05, 0.1) is 11.8 Å². The molecule has 1 rings (SSSR count). The Labute approximate surface area is 135 Å². The number of Topliss-reactive ketones (excluding diaryl/α,β-unsaturated/α-hetero) is 1. The van der Waals surface area contributed by atoms with Gasteiger partial charge in [0, 0.05) is 14.0 Å². The second-order valence-corrected chi connectivity index (χ2v) is 6.37. The van der Waals surface area contributed by atoms with Crippen molar-refractivity contribution in [2.24, 2.45) is 0 Å². The lowest BCUT2D eigenvalue weighted by molar-refractivity contribution is -0.117. The SMILES string of the molecule is CC(=O)SC(Cc1ccc(OCCN(C)C=O)cc1)C(C)=O. The van der Waals surface area contributed by atoms with Crippen molar-refractivity contribution >= 4 is 29.1 Å². The van der Waals surface area contributed by atoms with Crippen LogP contribution < -0.4 is 4.74 Å². The summed E-state index contributed by atoms with van der Waals surface area (Å²) in [5.41, 5.74) is 0.978. The Morgan fingerprint density at radius 3 is 2.41 bits per heavy atom. The number of likely N-dealkylation sites (N-methyl/N-ethyl adjacent to an activating group) is 1. The maximum absolute atomic E-state index is 11.6. The van der Waals surface area contributed by atoms with E-state index in [9.17, 15) is 14.4 Å². The summed E-state index contributed by atoms with van der Waals surface area (Å²) < 4.78 is 5.52. The number of ketones is 1. The Bertz CT molecular complexity index is 515. The predicted octanol–water partition coefficient (Wildman–Crippen LogP) is 1.93. The second-order valence-electron chi connectivity index (χ2n) is 4.99. The summed E-state index contributed by atoms with van der Waals surface area (Å²) in [7, 11) is 1.69. The van der Waals surface area contributed by atoms with Gasteiger partial charge in [0.2, 0.25) is 6.41 Å². The van der Waals surface area contributed by atoms with Gasteiger partial charge in [0.1, 0.15) is 18.1 Å². The highest BCUT2D eigenvalue weighted by Crippen LogP contribution is 2.20. The molecule has 0 saturated carbocycles. The monoisotopic (exact) mass is 323 g/mol. The summed E-state index contributed by atoms with van der Waals surface area (Å²) in [6.45, 7) is 3.91. The third-order valence-corrected chi connectivity index (χ3v) is 4.11. The number of carbonyl (C=O) groups excluding carboxylic acids is 3. The van der Waals surface area contributed by atoms with Gasteiger partial charge in [-0.05, 0) is 31.0 Å². The zero-order valence-electron chi connectivity index (χ0n) is 13.1. The fraction of sp³-hybridized carbons (Fsp3) is 0.438. The number of nitrogens with zero attached hydrogens (tertiary/aromatic N) is 1. The van der Waals surface area contributed by atoms with Gasteiger partial charge in [0.25, 0.3) is 0 Å². The van der Waals surface area contributed by atoms with Crippen LogP contribution in [-0.2, 0) is 20.8 Å². The van der Waals surface area contributed by atoms with Crippen LogP contribution in [0, 0.1) is 0 Å². The van der Waals surface area contributed by atoms with Gasteiger partial charge in [-0.1, -0.05) is 23.9 Å². The molecule has 22 heavy (non-hydrogen) atoms. The molecule has 0 fully saturated rings. The Morgan fingerprint density at radius 1 is 1.27 bits per heavy atom. The first kappa shape index (κ1) is 18.2. The largest absolute Gasteiger partial charge is 0.492 e. The molecule has 0 spiro atoms. The number of ether oxygens (including phenoxy) is 1. The van der Waals surface area contributed by atoms with Crippen molar-refractivity contribution in [2.75, 3.05) is 20.2 Å². The quantitative estimate of drug-likeness (QED) is 0.650. The van der Waals surface area contributed by atoms with E-state index in [4.69, 9.17) is 4.74 Å². The zero-order valence-corrected chi connectivity index (χ0v) is 13.9. The molecule has 0 bridgehead atoms.